The first-order valence-electron chi connectivity index (χ1n) is 40.0. The number of rotatable bonds is 11. The van der Waals surface area contributed by atoms with Crippen LogP contribution in [0.3, 0.4) is 0 Å². The summed E-state index contributed by atoms with van der Waals surface area (Å²) >= 11 is 3.63. The van der Waals surface area contributed by atoms with Crippen molar-refractivity contribution in [3.8, 4) is 124 Å². The molecule has 0 unspecified atom stereocenters. The molecule has 17 aromatic carbocycles. The Kier molecular flexibility index (Phi) is 16.8. The van der Waals surface area contributed by atoms with E-state index in [2.05, 4.69) is 309 Å². The molecular weight excluding hydrogens is 1490 g/mol. The van der Waals surface area contributed by atoms with Crippen molar-refractivity contribution in [3.63, 3.8) is 0 Å². The van der Waals surface area contributed by atoms with Crippen LogP contribution in [0.2, 0.25) is 0 Å². The van der Waals surface area contributed by atoms with Gasteiger partial charge in [0.15, 0.2) is 11.6 Å². The third-order valence-corrected chi connectivity index (χ3v) is 25.5. The second kappa shape index (κ2) is 28.9. The van der Waals surface area contributed by atoms with E-state index in [-0.39, 0.29) is 0 Å². The summed E-state index contributed by atoms with van der Waals surface area (Å²) in [5.74, 6) is 1.41. The highest BCUT2D eigenvalue weighted by Gasteiger charge is 2.23. The molecule has 0 N–H and O–H groups in total. The molecule has 554 valence electrons. The van der Waals surface area contributed by atoms with Gasteiger partial charge in [0.25, 0.3) is 0 Å². The highest BCUT2D eigenvalue weighted by molar-refractivity contribution is 7.27. The zero-order valence-corrected chi connectivity index (χ0v) is 65.6. The lowest BCUT2D eigenvalue weighted by atomic mass is 9.92. The minimum absolute atomic E-state index is 0.702. The van der Waals surface area contributed by atoms with Gasteiger partial charge in [-0.1, -0.05) is 346 Å². The highest BCUT2D eigenvalue weighted by atomic mass is 32.1. The lowest BCUT2D eigenvalue weighted by Crippen LogP contribution is -1.96. The fourth-order valence-electron chi connectivity index (χ4n) is 17.4. The molecule has 0 spiro atoms. The van der Waals surface area contributed by atoms with Crippen LogP contribution in [-0.2, 0) is 0 Å². The van der Waals surface area contributed by atoms with Gasteiger partial charge in [-0.05, 0) is 120 Å². The summed E-state index contributed by atoms with van der Waals surface area (Å²) in [5, 5.41) is 17.3. The normalized spacial score (nSPS) is 11.7. The number of thiophene rings is 2. The molecule has 0 bridgehead atoms. The summed E-state index contributed by atoms with van der Waals surface area (Å²) in [4.78, 5) is 31.1. The number of para-hydroxylation sites is 1. The second-order valence-electron chi connectivity index (χ2n) is 30.2. The maximum Gasteiger partial charge on any atom is 0.160 e. The van der Waals surface area contributed by atoms with E-state index in [4.69, 9.17) is 34.3 Å². The van der Waals surface area contributed by atoms with Crippen LogP contribution in [0, 0.1) is 0 Å². The van der Waals surface area contributed by atoms with E-state index >= 15 is 0 Å². The van der Waals surface area contributed by atoms with E-state index in [1.54, 1.807) is 0 Å². The third-order valence-electron chi connectivity index (χ3n) is 23.2. The van der Waals surface area contributed by atoms with Crippen LogP contribution >= 0.6 is 22.7 Å². The molecule has 0 aliphatic carbocycles. The maximum absolute atomic E-state index is 6.20. The fraction of sp³-hybridized carbons (Fsp3) is 0. The van der Waals surface area contributed by atoms with Crippen LogP contribution in [0.4, 0.5) is 0 Å². The zero-order valence-electron chi connectivity index (χ0n) is 64.0. The predicted octanol–water partition coefficient (Wildman–Crippen LogP) is 30.5. The summed E-state index contributed by atoms with van der Waals surface area (Å²) in [6.45, 7) is 0. The van der Waals surface area contributed by atoms with Crippen molar-refractivity contribution in [2.75, 3.05) is 0 Å². The SMILES string of the molecule is c1ccc(-c2cc(-c3ccc(-c4nc5cc(-c6ccc(-c7cccc8oc9ccccc9c78)cc6)ccc5c5c4sc4ccccc45)cc3)nc(-c3ccccc3)n2)cc1.c1ccc(-c2cc(-c3ccc(-c4nc5cc(-c6ccc7c8ccccc8c8ccccc8c7c6)ccc5c5c4sc4ccccc45)cc3)nc(-c3ccccc3)n2)cc1. The van der Waals surface area contributed by atoms with Gasteiger partial charge in [0.05, 0.1) is 54.6 Å². The van der Waals surface area contributed by atoms with Crippen LogP contribution in [-0.4, -0.2) is 29.9 Å². The number of benzene rings is 17. The van der Waals surface area contributed by atoms with Gasteiger partial charge in [-0.15, -0.1) is 22.7 Å². The van der Waals surface area contributed by atoms with Gasteiger partial charge < -0.3 is 4.42 Å². The number of pyridine rings is 2. The number of nitrogens with zero attached hydrogens (tertiary/aromatic N) is 6. The first-order chi connectivity index (χ1) is 58.9. The Balaban J connectivity index is 0.000000139. The van der Waals surface area contributed by atoms with Crippen molar-refractivity contribution in [3.05, 3.63) is 400 Å². The van der Waals surface area contributed by atoms with Crippen molar-refractivity contribution in [2.24, 2.45) is 0 Å². The Labute approximate surface area is 692 Å². The maximum atomic E-state index is 6.20. The molecule has 7 aromatic heterocycles. The largest absolute Gasteiger partial charge is 0.456 e. The third kappa shape index (κ3) is 12.3. The Morgan fingerprint density at radius 3 is 0.983 bits per heavy atom. The van der Waals surface area contributed by atoms with E-state index in [1.165, 1.54) is 89.2 Å². The van der Waals surface area contributed by atoms with Gasteiger partial charge in [-0.3, -0.25) is 0 Å². The van der Waals surface area contributed by atoms with Gasteiger partial charge in [0, 0.05) is 97.0 Å². The van der Waals surface area contributed by atoms with E-state index in [9.17, 15) is 0 Å². The average Bonchev–Trinajstić information content (AvgIpc) is 1.65. The summed E-state index contributed by atoms with van der Waals surface area (Å²) in [7, 11) is 0. The number of furan rings is 1. The standard InChI is InChI=1S/C55H33N3OS.C55H33N3S/c1-3-12-36(13-4-1)45-33-46(58-55(57-45)39-14-5-2-6-15-39)37-26-28-38(29-27-37)53-54-52(44-17-8-10-21-50(44)60-54)42-31-30-40(32-47(42)56-53)34-22-24-35(25-23-34)41-18-11-20-49-51(41)43-16-7-9-19-48(43)59-49;1-3-13-34(14-4-1)48-33-49(58-55(57-48)37-15-5-2-6-16-37)35-23-25-36(26-24-35)53-54-52(46-21-11-12-22-51(46)59-54)45-30-28-39(32-50(45)56-53)38-27-29-44-42-19-8-7-17-40(42)41-18-9-10-20-43(41)47(44)31-38/h1-33H;1-33H. The first-order valence-corrected chi connectivity index (χ1v) is 41.6. The molecule has 0 fully saturated rings. The van der Waals surface area contributed by atoms with E-state index < -0.39 is 0 Å². The highest BCUT2D eigenvalue weighted by Crippen LogP contribution is 2.48. The lowest BCUT2D eigenvalue weighted by molar-refractivity contribution is 0.669. The van der Waals surface area contributed by atoms with Crippen LogP contribution in [0.5, 0.6) is 0 Å². The zero-order chi connectivity index (χ0) is 78.4. The van der Waals surface area contributed by atoms with Gasteiger partial charge in [0.2, 0.25) is 0 Å². The molecule has 0 amide bonds. The minimum atomic E-state index is 0.702. The van der Waals surface area contributed by atoms with Crippen LogP contribution in [0.1, 0.15) is 0 Å². The Morgan fingerprint density at radius 2 is 0.513 bits per heavy atom. The molecule has 0 radical (unpaired) electrons. The summed E-state index contributed by atoms with van der Waals surface area (Å²) in [6.07, 6.45) is 0. The summed E-state index contributed by atoms with van der Waals surface area (Å²) < 4.78 is 11.1. The molecule has 24 aromatic rings. The van der Waals surface area contributed by atoms with Gasteiger partial charge in [0.1, 0.15) is 11.2 Å². The number of hydrogen-bond donors (Lipinski definition) is 0. The Hall–Kier alpha value is -15.3. The predicted molar refractivity (Wildman–Crippen MR) is 500 cm³/mol. The molecule has 0 aliphatic heterocycles. The molecule has 119 heavy (non-hydrogen) atoms. The molecule has 7 heterocycles. The molecule has 24 rings (SSSR count). The van der Waals surface area contributed by atoms with Crippen LogP contribution < -0.4 is 0 Å². The fourth-order valence-corrected chi connectivity index (χ4v) is 19.9. The van der Waals surface area contributed by atoms with E-state index in [0.29, 0.717) is 11.6 Å². The molecule has 9 heteroatoms. The monoisotopic (exact) mass is 1550 g/mol. The average molecular weight is 1550 g/mol. The number of aromatic nitrogens is 6. The molecule has 0 atom stereocenters. The topological polar surface area (TPSA) is 90.5 Å². The first kappa shape index (κ1) is 69.3. The molecule has 7 nitrogen and oxygen atoms in total. The molecule has 0 saturated heterocycles. The molecule has 0 saturated carbocycles. The van der Waals surface area contributed by atoms with Crippen molar-refractivity contribution in [1.29, 1.82) is 0 Å². The number of fused-ring (bicyclic) bond motifs is 19. The van der Waals surface area contributed by atoms with Gasteiger partial charge in [-0.25, -0.2) is 29.9 Å². The van der Waals surface area contributed by atoms with E-state index in [0.717, 1.165) is 139 Å². The Bertz CT molecular complexity index is 7980. The van der Waals surface area contributed by atoms with Crippen LogP contribution in [0.25, 0.3) is 240 Å². The summed E-state index contributed by atoms with van der Waals surface area (Å²) in [5.41, 5.74) is 24.4. The second-order valence-corrected chi connectivity index (χ2v) is 32.3. The van der Waals surface area contributed by atoms with Crippen molar-refractivity contribution in [2.45, 2.75) is 0 Å². The smallest absolute Gasteiger partial charge is 0.160 e. The Morgan fingerprint density at radius 1 is 0.185 bits per heavy atom. The lowest BCUT2D eigenvalue weighted by Gasteiger charge is -2.13. The molecule has 0 aliphatic rings. The quantitative estimate of drug-likeness (QED) is 0.119. The van der Waals surface area contributed by atoms with Crippen molar-refractivity contribution in [1.82, 2.24) is 29.9 Å². The minimum Gasteiger partial charge on any atom is -0.456 e. The van der Waals surface area contributed by atoms with Crippen molar-refractivity contribution >= 4 is 139 Å². The van der Waals surface area contributed by atoms with Crippen molar-refractivity contribution < 1.29 is 4.42 Å². The van der Waals surface area contributed by atoms with Gasteiger partial charge >= 0.3 is 0 Å². The summed E-state index contributed by atoms with van der Waals surface area (Å²) in [6, 6.07) is 142. The number of hydrogen-bond acceptors (Lipinski definition) is 9. The molecular formula is C110H66N6OS2. The van der Waals surface area contributed by atoms with Crippen LogP contribution in [0.15, 0.2) is 405 Å². The van der Waals surface area contributed by atoms with Gasteiger partial charge in [-0.2, -0.15) is 0 Å². The van der Waals surface area contributed by atoms with E-state index in [1.807, 2.05) is 114 Å².